The van der Waals surface area contributed by atoms with Crippen LogP contribution in [-0.2, 0) is 4.74 Å². The molecule has 0 fully saturated rings. The van der Waals surface area contributed by atoms with Gasteiger partial charge in [-0.2, -0.15) is 0 Å². The fourth-order valence-corrected chi connectivity index (χ4v) is 2.55. The number of carbonyl (C=O) groups is 1. The number of carbonyl (C=O) groups excluding carboxylic acids is 1. The summed E-state index contributed by atoms with van der Waals surface area (Å²) in [4.78, 5) is 33.0. The Bertz CT molecular complexity index is 789. The molecule has 2 rings (SSSR count). The van der Waals surface area contributed by atoms with Crippen LogP contribution in [-0.4, -0.2) is 47.6 Å². The van der Waals surface area contributed by atoms with Crippen molar-refractivity contribution in [2.45, 2.75) is 13.8 Å². The zero-order chi connectivity index (χ0) is 17.7. The average Bonchev–Trinajstić information content (AvgIpc) is 2.58. The van der Waals surface area contributed by atoms with Gasteiger partial charge in [-0.05, 0) is 26.0 Å². The van der Waals surface area contributed by atoms with Crippen LogP contribution in [0.3, 0.4) is 0 Å². The van der Waals surface area contributed by atoms with Gasteiger partial charge in [0, 0.05) is 31.3 Å². The summed E-state index contributed by atoms with van der Waals surface area (Å²) in [5, 5.41) is 0.0110. The molecular formula is C17H20ClN3O3. The maximum absolute atomic E-state index is 12.6. The molecule has 0 bridgehead atoms. The molecule has 0 aliphatic carbocycles. The predicted molar refractivity (Wildman–Crippen MR) is 93.5 cm³/mol. The van der Waals surface area contributed by atoms with E-state index < -0.39 is 5.56 Å². The number of methoxy groups -OCH3 is 1. The Labute approximate surface area is 145 Å². The maximum Gasteiger partial charge on any atom is 0.270 e. The second kappa shape index (κ2) is 8.08. The number of nitrogens with zero attached hydrogens (tertiary/aromatic N) is 2. The van der Waals surface area contributed by atoms with E-state index in [1.807, 2.05) is 6.92 Å². The molecule has 1 aromatic carbocycles. The molecule has 0 aliphatic rings. The molecule has 0 radical (unpaired) electrons. The number of aromatic amines is 1. The maximum atomic E-state index is 12.6. The number of likely N-dealkylation sites (N-methyl/N-ethyl adjacent to an activating group) is 1. The van der Waals surface area contributed by atoms with Gasteiger partial charge < -0.3 is 14.6 Å². The van der Waals surface area contributed by atoms with Gasteiger partial charge in [0.25, 0.3) is 11.5 Å². The molecule has 1 N–H and O–H groups in total. The van der Waals surface area contributed by atoms with Crippen LogP contribution in [0.2, 0.25) is 5.02 Å². The van der Waals surface area contributed by atoms with Crippen molar-refractivity contribution in [2.75, 3.05) is 26.8 Å². The molecule has 0 aliphatic heterocycles. The van der Waals surface area contributed by atoms with E-state index in [-0.39, 0.29) is 10.9 Å². The van der Waals surface area contributed by atoms with Crippen LogP contribution in [0.5, 0.6) is 0 Å². The number of benzene rings is 1. The third kappa shape index (κ3) is 4.01. The molecule has 6 nitrogen and oxygen atoms in total. The highest BCUT2D eigenvalue weighted by molar-refractivity contribution is 6.32. The van der Waals surface area contributed by atoms with Gasteiger partial charge in [-0.25, -0.2) is 4.98 Å². The molecule has 0 saturated heterocycles. The Kier molecular flexibility index (Phi) is 6.11. The second-order valence-corrected chi connectivity index (χ2v) is 5.65. The van der Waals surface area contributed by atoms with E-state index in [1.54, 1.807) is 43.2 Å². The summed E-state index contributed by atoms with van der Waals surface area (Å²) < 4.78 is 5.04. The van der Waals surface area contributed by atoms with E-state index >= 15 is 0 Å². The van der Waals surface area contributed by atoms with Gasteiger partial charge in [-0.1, -0.05) is 23.7 Å². The van der Waals surface area contributed by atoms with Crippen LogP contribution in [0.4, 0.5) is 0 Å². The number of aromatic nitrogens is 2. The number of rotatable bonds is 6. The molecule has 0 spiro atoms. The summed E-state index contributed by atoms with van der Waals surface area (Å²) in [5.41, 5.74) is 1.11. The van der Waals surface area contributed by atoms with Crippen LogP contribution < -0.4 is 5.56 Å². The van der Waals surface area contributed by atoms with E-state index in [1.165, 1.54) is 0 Å². The van der Waals surface area contributed by atoms with E-state index in [9.17, 15) is 9.59 Å². The van der Waals surface area contributed by atoms with Crippen molar-refractivity contribution in [3.8, 4) is 11.3 Å². The molecule has 0 saturated carbocycles. The quantitative estimate of drug-likeness (QED) is 0.869. The summed E-state index contributed by atoms with van der Waals surface area (Å²) in [5.74, 6) is 0.362. The summed E-state index contributed by atoms with van der Waals surface area (Å²) in [6.45, 7) is 5.16. The minimum absolute atomic E-state index is 0.0110. The van der Waals surface area contributed by atoms with Crippen molar-refractivity contribution >= 4 is 17.5 Å². The molecule has 1 heterocycles. The minimum atomic E-state index is -0.397. The molecule has 0 unspecified atom stereocenters. The van der Waals surface area contributed by atoms with Crippen molar-refractivity contribution in [1.82, 2.24) is 14.9 Å². The number of aryl methyl sites for hydroxylation is 1. The van der Waals surface area contributed by atoms with Crippen LogP contribution in [0.1, 0.15) is 23.1 Å². The highest BCUT2D eigenvalue weighted by Crippen LogP contribution is 2.24. The SMILES string of the molecule is CCN(CCOC)C(=O)c1cccc(-c2nc(C)[nH]c(=O)c2Cl)c1. The normalized spacial score (nSPS) is 10.7. The molecule has 7 heteroatoms. The fraction of sp³-hybridized carbons (Fsp3) is 0.353. The number of amides is 1. The Morgan fingerprint density at radius 2 is 2.17 bits per heavy atom. The number of nitrogens with one attached hydrogen (secondary N) is 1. The predicted octanol–water partition coefficient (Wildman–Crippen LogP) is 2.51. The number of H-pyrrole nitrogens is 1. The van der Waals surface area contributed by atoms with Crippen LogP contribution in [0, 0.1) is 6.92 Å². The molecule has 1 amide bonds. The third-order valence-electron chi connectivity index (χ3n) is 3.60. The highest BCUT2D eigenvalue weighted by atomic mass is 35.5. The van der Waals surface area contributed by atoms with Crippen LogP contribution in [0.25, 0.3) is 11.3 Å². The third-order valence-corrected chi connectivity index (χ3v) is 3.95. The topological polar surface area (TPSA) is 75.3 Å². The highest BCUT2D eigenvalue weighted by Gasteiger charge is 2.16. The largest absolute Gasteiger partial charge is 0.383 e. The number of hydrogen-bond acceptors (Lipinski definition) is 4. The summed E-state index contributed by atoms with van der Waals surface area (Å²) in [7, 11) is 1.60. The van der Waals surface area contributed by atoms with Crippen molar-refractivity contribution in [3.05, 3.63) is 51.0 Å². The van der Waals surface area contributed by atoms with Crippen LogP contribution in [0.15, 0.2) is 29.1 Å². The molecule has 2 aromatic rings. The van der Waals surface area contributed by atoms with E-state index in [0.29, 0.717) is 42.3 Å². The lowest BCUT2D eigenvalue weighted by molar-refractivity contribution is 0.0706. The number of halogens is 1. The van der Waals surface area contributed by atoms with Crippen LogP contribution >= 0.6 is 11.6 Å². The summed E-state index contributed by atoms with van der Waals surface area (Å²) >= 11 is 6.07. The first-order valence-corrected chi connectivity index (χ1v) is 8.00. The Hall–Kier alpha value is -2.18. The van der Waals surface area contributed by atoms with Gasteiger partial charge in [-0.15, -0.1) is 0 Å². The van der Waals surface area contributed by atoms with Gasteiger partial charge in [-0.3, -0.25) is 9.59 Å². The van der Waals surface area contributed by atoms with Gasteiger partial charge in [0.15, 0.2) is 0 Å². The van der Waals surface area contributed by atoms with Gasteiger partial charge in [0.05, 0.1) is 12.3 Å². The van der Waals surface area contributed by atoms with Crippen molar-refractivity contribution in [3.63, 3.8) is 0 Å². The summed E-state index contributed by atoms with van der Waals surface area (Å²) in [6.07, 6.45) is 0. The van der Waals surface area contributed by atoms with Gasteiger partial charge >= 0.3 is 0 Å². The first-order chi connectivity index (χ1) is 11.5. The summed E-state index contributed by atoms with van der Waals surface area (Å²) in [6, 6.07) is 6.96. The van der Waals surface area contributed by atoms with Crippen molar-refractivity contribution in [1.29, 1.82) is 0 Å². The lowest BCUT2D eigenvalue weighted by Crippen LogP contribution is -2.33. The van der Waals surface area contributed by atoms with Gasteiger partial charge in [0.2, 0.25) is 0 Å². The first kappa shape index (κ1) is 18.2. The second-order valence-electron chi connectivity index (χ2n) is 5.27. The lowest BCUT2D eigenvalue weighted by atomic mass is 10.1. The zero-order valence-electron chi connectivity index (χ0n) is 13.9. The number of ether oxygens (including phenoxy) is 1. The lowest BCUT2D eigenvalue weighted by Gasteiger charge is -2.20. The molecule has 24 heavy (non-hydrogen) atoms. The molecular weight excluding hydrogens is 330 g/mol. The fourth-order valence-electron chi connectivity index (χ4n) is 2.35. The van der Waals surface area contributed by atoms with E-state index in [2.05, 4.69) is 9.97 Å². The molecule has 0 atom stereocenters. The smallest absolute Gasteiger partial charge is 0.270 e. The van der Waals surface area contributed by atoms with E-state index in [4.69, 9.17) is 16.3 Å². The molecule has 128 valence electrons. The Morgan fingerprint density at radius 1 is 1.42 bits per heavy atom. The van der Waals surface area contributed by atoms with E-state index in [0.717, 1.165) is 0 Å². The number of hydrogen-bond donors (Lipinski definition) is 1. The Balaban J connectivity index is 2.39. The standard InChI is InChI=1S/C17H20ClN3O3/c1-4-21(8-9-24-3)17(23)13-7-5-6-12(10-13)15-14(18)16(22)20-11(2)19-15/h5-7,10H,4,8-9H2,1-3H3,(H,19,20,22). The Morgan fingerprint density at radius 3 is 2.83 bits per heavy atom. The molecule has 1 aromatic heterocycles. The van der Waals surface area contributed by atoms with Crippen molar-refractivity contribution in [2.24, 2.45) is 0 Å². The monoisotopic (exact) mass is 349 g/mol. The zero-order valence-corrected chi connectivity index (χ0v) is 14.7. The minimum Gasteiger partial charge on any atom is -0.383 e. The average molecular weight is 350 g/mol. The van der Waals surface area contributed by atoms with Gasteiger partial charge in [0.1, 0.15) is 10.8 Å². The van der Waals surface area contributed by atoms with Crippen molar-refractivity contribution < 1.29 is 9.53 Å². The first-order valence-electron chi connectivity index (χ1n) is 7.63.